The third-order valence-electron chi connectivity index (χ3n) is 2.95. The van der Waals surface area contributed by atoms with Gasteiger partial charge in [0.25, 0.3) is 0 Å². The molecule has 0 radical (unpaired) electrons. The highest BCUT2D eigenvalue weighted by molar-refractivity contribution is 14.1. The molecule has 0 saturated heterocycles. The number of halogens is 1. The Kier molecular flexibility index (Phi) is 6.82. The van der Waals surface area contributed by atoms with Gasteiger partial charge in [0, 0.05) is 16.8 Å². The summed E-state index contributed by atoms with van der Waals surface area (Å²) in [6.45, 7) is 0. The highest BCUT2D eigenvalue weighted by atomic mass is 127. The van der Waals surface area contributed by atoms with Gasteiger partial charge in [-0.1, -0.05) is 48.3 Å². The first-order valence-corrected chi connectivity index (χ1v) is 7.19. The van der Waals surface area contributed by atoms with Crippen LogP contribution in [0, 0.1) is 0 Å². The van der Waals surface area contributed by atoms with E-state index < -0.39 is 0 Å². The Morgan fingerprint density at radius 1 is 0.857 bits per heavy atom. The number of Topliss-reactive ketones (excluding diaryl/α,β-unsaturated/α-hetero) is 1. The normalized spacial score (nSPS) is 27.8. The van der Waals surface area contributed by atoms with Gasteiger partial charge in [-0.3, -0.25) is 4.79 Å². The molecule has 2 heteroatoms. The van der Waals surface area contributed by atoms with Gasteiger partial charge in [0.2, 0.25) is 0 Å². The van der Waals surface area contributed by atoms with Gasteiger partial charge in [0.15, 0.2) is 0 Å². The van der Waals surface area contributed by atoms with Crippen LogP contribution in [0.25, 0.3) is 0 Å². The van der Waals surface area contributed by atoms with Crippen molar-refractivity contribution in [3.63, 3.8) is 0 Å². The molecule has 0 aromatic carbocycles. The Hall–Kier alpha value is 0.400. The quantitative estimate of drug-likeness (QED) is 0.482. The van der Waals surface area contributed by atoms with Gasteiger partial charge < -0.3 is 0 Å². The monoisotopic (exact) mass is 308 g/mol. The Morgan fingerprint density at radius 3 is 2.07 bits per heavy atom. The lowest BCUT2D eigenvalue weighted by Crippen LogP contribution is -2.02. The minimum atomic E-state index is 0.496. The molecule has 1 rings (SSSR count). The molecule has 0 heterocycles. The smallest absolute Gasteiger partial charge is 0.132 e. The van der Waals surface area contributed by atoms with Gasteiger partial charge in [-0.15, -0.1) is 0 Å². The lowest BCUT2D eigenvalue weighted by Gasteiger charge is -2.10. The summed E-state index contributed by atoms with van der Waals surface area (Å²) in [6.07, 6.45) is 11.8. The summed E-state index contributed by atoms with van der Waals surface area (Å²) in [5, 5.41) is 0. The molecule has 0 aromatic rings. The number of carbonyl (C=O) groups excluding carboxylic acids is 1. The van der Waals surface area contributed by atoms with Gasteiger partial charge >= 0.3 is 0 Å². The van der Waals surface area contributed by atoms with Crippen LogP contribution in [0.2, 0.25) is 0 Å². The topological polar surface area (TPSA) is 17.1 Å². The molecule has 0 aromatic heterocycles. The van der Waals surface area contributed by atoms with E-state index in [0.717, 1.165) is 29.6 Å². The fraction of sp³-hybridized carbons (Fsp3) is 0.917. The SMILES string of the molecule is O=C1CCCCCCC(I)CCCC1. The summed E-state index contributed by atoms with van der Waals surface area (Å²) >= 11 is 2.57. The van der Waals surface area contributed by atoms with Crippen LogP contribution in [0.5, 0.6) is 0 Å². The van der Waals surface area contributed by atoms with Gasteiger partial charge in [0.1, 0.15) is 5.78 Å². The van der Waals surface area contributed by atoms with Crippen LogP contribution in [0.15, 0.2) is 0 Å². The number of hydrogen-bond acceptors (Lipinski definition) is 1. The fourth-order valence-corrected chi connectivity index (χ4v) is 2.88. The van der Waals surface area contributed by atoms with Crippen LogP contribution in [-0.2, 0) is 4.79 Å². The Labute approximate surface area is 101 Å². The van der Waals surface area contributed by atoms with Crippen molar-refractivity contribution in [3.8, 4) is 0 Å². The summed E-state index contributed by atoms with van der Waals surface area (Å²) in [5.41, 5.74) is 0. The van der Waals surface area contributed by atoms with E-state index in [2.05, 4.69) is 22.6 Å². The zero-order valence-corrected chi connectivity index (χ0v) is 11.1. The maximum atomic E-state index is 11.4. The molecular weight excluding hydrogens is 287 g/mol. The van der Waals surface area contributed by atoms with Crippen molar-refractivity contribution in [2.24, 2.45) is 0 Å². The van der Waals surface area contributed by atoms with Crippen LogP contribution < -0.4 is 0 Å². The van der Waals surface area contributed by atoms with Crippen molar-refractivity contribution >= 4 is 28.4 Å². The molecule has 1 nitrogen and oxygen atoms in total. The first-order valence-electron chi connectivity index (χ1n) is 5.95. The zero-order valence-electron chi connectivity index (χ0n) is 8.93. The number of carbonyl (C=O) groups is 1. The van der Waals surface area contributed by atoms with Gasteiger partial charge in [-0.05, 0) is 25.7 Å². The molecule has 0 spiro atoms. The average molecular weight is 308 g/mol. The van der Waals surface area contributed by atoms with Crippen molar-refractivity contribution in [1.29, 1.82) is 0 Å². The van der Waals surface area contributed by atoms with Crippen LogP contribution in [0.3, 0.4) is 0 Å². The summed E-state index contributed by atoms with van der Waals surface area (Å²) in [5.74, 6) is 0.496. The first-order chi connectivity index (χ1) is 6.79. The van der Waals surface area contributed by atoms with Gasteiger partial charge in [0.05, 0.1) is 0 Å². The van der Waals surface area contributed by atoms with Crippen LogP contribution in [0.1, 0.15) is 64.2 Å². The predicted octanol–water partition coefficient (Wildman–Crippen LogP) is 4.27. The van der Waals surface area contributed by atoms with Gasteiger partial charge in [-0.2, -0.15) is 0 Å². The standard InChI is InChI=1S/C12H21IO/c13-11-7-3-1-2-4-9-12(14)10-6-5-8-11/h11H,1-10H2. The fourth-order valence-electron chi connectivity index (χ4n) is 2.00. The Morgan fingerprint density at radius 2 is 1.36 bits per heavy atom. The highest BCUT2D eigenvalue weighted by Gasteiger charge is 2.07. The molecule has 14 heavy (non-hydrogen) atoms. The number of hydrogen-bond donors (Lipinski definition) is 0. The van der Waals surface area contributed by atoms with Crippen LogP contribution in [0.4, 0.5) is 0 Å². The predicted molar refractivity (Wildman–Crippen MR) is 69.0 cm³/mol. The Balaban J connectivity index is 2.23. The van der Waals surface area contributed by atoms with E-state index in [1.54, 1.807) is 0 Å². The third kappa shape index (κ3) is 5.99. The number of ketones is 1. The average Bonchev–Trinajstić information content (AvgIpc) is 2.16. The van der Waals surface area contributed by atoms with Crippen molar-refractivity contribution < 1.29 is 4.79 Å². The van der Waals surface area contributed by atoms with Gasteiger partial charge in [-0.25, -0.2) is 0 Å². The molecule has 1 aliphatic rings. The lowest BCUT2D eigenvalue weighted by atomic mass is 10.0. The van der Waals surface area contributed by atoms with Crippen LogP contribution >= 0.6 is 22.6 Å². The molecule has 0 amide bonds. The van der Waals surface area contributed by atoms with Crippen molar-refractivity contribution in [2.75, 3.05) is 0 Å². The molecule has 0 aliphatic heterocycles. The summed E-state index contributed by atoms with van der Waals surface area (Å²) < 4.78 is 0.849. The zero-order chi connectivity index (χ0) is 10.2. The number of alkyl halides is 1. The maximum Gasteiger partial charge on any atom is 0.132 e. The lowest BCUT2D eigenvalue weighted by molar-refractivity contribution is -0.119. The first kappa shape index (κ1) is 12.5. The minimum Gasteiger partial charge on any atom is -0.300 e. The van der Waals surface area contributed by atoms with Crippen molar-refractivity contribution in [1.82, 2.24) is 0 Å². The molecule has 82 valence electrons. The second-order valence-corrected chi connectivity index (χ2v) is 6.10. The molecule has 0 N–H and O–H groups in total. The molecule has 1 atom stereocenters. The summed E-state index contributed by atoms with van der Waals surface area (Å²) in [7, 11) is 0. The van der Waals surface area contributed by atoms with E-state index in [4.69, 9.17) is 0 Å². The van der Waals surface area contributed by atoms with Crippen LogP contribution in [-0.4, -0.2) is 9.71 Å². The number of rotatable bonds is 0. The molecule has 1 unspecified atom stereocenters. The molecule has 0 bridgehead atoms. The van der Waals surface area contributed by atoms with E-state index in [1.807, 2.05) is 0 Å². The van der Waals surface area contributed by atoms with Crippen molar-refractivity contribution in [3.05, 3.63) is 0 Å². The molecule has 1 aliphatic carbocycles. The summed E-state index contributed by atoms with van der Waals surface area (Å²) in [6, 6.07) is 0. The van der Waals surface area contributed by atoms with E-state index in [9.17, 15) is 4.79 Å². The molecule has 1 saturated carbocycles. The largest absolute Gasteiger partial charge is 0.300 e. The second-order valence-electron chi connectivity index (χ2n) is 4.33. The molecular formula is C12H21IO. The third-order valence-corrected chi connectivity index (χ3v) is 4.19. The van der Waals surface area contributed by atoms with E-state index >= 15 is 0 Å². The highest BCUT2D eigenvalue weighted by Crippen LogP contribution is 2.20. The second kappa shape index (κ2) is 7.66. The van der Waals surface area contributed by atoms with E-state index in [0.29, 0.717) is 5.78 Å². The van der Waals surface area contributed by atoms with Crippen molar-refractivity contribution in [2.45, 2.75) is 68.1 Å². The molecule has 1 fully saturated rings. The van der Waals surface area contributed by atoms with E-state index in [-0.39, 0.29) is 0 Å². The maximum absolute atomic E-state index is 11.4. The Bertz CT molecular complexity index is 168. The summed E-state index contributed by atoms with van der Waals surface area (Å²) in [4.78, 5) is 11.4. The minimum absolute atomic E-state index is 0.496. The van der Waals surface area contributed by atoms with E-state index in [1.165, 1.54) is 38.5 Å².